The Balaban J connectivity index is 1.41. The second-order valence-corrected chi connectivity index (χ2v) is 11.3. The Morgan fingerprint density at radius 2 is 1.67 bits per heavy atom. The zero-order valence-electron chi connectivity index (χ0n) is 22.0. The number of aliphatic hydroxyl groups is 1. The van der Waals surface area contributed by atoms with Crippen LogP contribution >= 0.6 is 0 Å². The number of hydrogen-bond acceptors (Lipinski definition) is 7. The molecular weight excluding hydrogens is 520 g/mol. The number of carbonyl (C=O) groups excluding carboxylic acids is 2. The van der Waals surface area contributed by atoms with E-state index in [1.807, 2.05) is 49.4 Å². The summed E-state index contributed by atoms with van der Waals surface area (Å²) in [5, 5.41) is 13.2. The molecule has 0 radical (unpaired) electrons. The zero-order chi connectivity index (χ0) is 28.2. The van der Waals surface area contributed by atoms with Crippen molar-refractivity contribution in [3.8, 4) is 5.75 Å². The minimum atomic E-state index is -4.08. The number of rotatable bonds is 10. The summed E-state index contributed by atoms with van der Waals surface area (Å²) in [4.78, 5) is 27.1. The van der Waals surface area contributed by atoms with Gasteiger partial charge in [0.05, 0.1) is 11.4 Å². The molecule has 1 fully saturated rings. The molecule has 4 rings (SSSR count). The first kappa shape index (κ1) is 28.5. The molecular formula is C28H34N4O6S. The van der Waals surface area contributed by atoms with Gasteiger partial charge in [0, 0.05) is 32.6 Å². The smallest absolute Gasteiger partial charge is 0.266 e. The van der Waals surface area contributed by atoms with Crippen LogP contribution in [0.15, 0.2) is 71.6 Å². The molecule has 10 nitrogen and oxygen atoms in total. The highest BCUT2D eigenvalue weighted by molar-refractivity contribution is 7.89. The molecule has 0 aliphatic carbocycles. The van der Waals surface area contributed by atoms with E-state index in [2.05, 4.69) is 4.72 Å². The maximum atomic E-state index is 13.0. The molecule has 208 valence electrons. The molecule has 0 aromatic heterocycles. The third-order valence-electron chi connectivity index (χ3n) is 7.07. The van der Waals surface area contributed by atoms with E-state index in [0.29, 0.717) is 25.3 Å². The van der Waals surface area contributed by atoms with Gasteiger partial charge in [0.2, 0.25) is 21.7 Å². The van der Waals surface area contributed by atoms with Crippen molar-refractivity contribution >= 4 is 32.6 Å². The second kappa shape index (κ2) is 11.7. The molecule has 39 heavy (non-hydrogen) atoms. The lowest BCUT2D eigenvalue weighted by atomic mass is 10.0. The van der Waals surface area contributed by atoms with E-state index in [4.69, 9.17) is 10.5 Å². The summed E-state index contributed by atoms with van der Waals surface area (Å²) in [5.74, 6) is -0.619. The van der Waals surface area contributed by atoms with E-state index in [9.17, 15) is 23.1 Å². The number of sulfonamides is 1. The van der Waals surface area contributed by atoms with Crippen LogP contribution in [0.2, 0.25) is 0 Å². The lowest BCUT2D eigenvalue weighted by Gasteiger charge is -2.42. The Hall–Kier alpha value is -3.51. The van der Waals surface area contributed by atoms with Crippen LogP contribution in [0.4, 0.5) is 0 Å². The number of piperazine rings is 1. The molecule has 1 saturated heterocycles. The summed E-state index contributed by atoms with van der Waals surface area (Å²) in [6.45, 7) is 4.00. The third-order valence-corrected chi connectivity index (χ3v) is 8.49. The fourth-order valence-electron chi connectivity index (χ4n) is 4.75. The highest BCUT2D eigenvalue weighted by Gasteiger charge is 2.43. The summed E-state index contributed by atoms with van der Waals surface area (Å²) < 4.78 is 34.3. The van der Waals surface area contributed by atoms with Crippen LogP contribution in [-0.4, -0.2) is 73.6 Å². The van der Waals surface area contributed by atoms with E-state index in [0.717, 1.165) is 16.3 Å². The summed E-state index contributed by atoms with van der Waals surface area (Å²) >= 11 is 0. The SMILES string of the molecule is CCC(=O)N1CCN([C@](O)(CNS(=O)(=O)c2ccc(OC(C)c3cccc4ccccc34)cc2)C(N)=O)CC1. The second-order valence-electron chi connectivity index (χ2n) is 9.53. The quantitative estimate of drug-likeness (QED) is 0.348. The molecule has 11 heteroatoms. The van der Waals surface area contributed by atoms with Gasteiger partial charge in [-0.05, 0) is 47.5 Å². The maximum absolute atomic E-state index is 13.0. The van der Waals surface area contributed by atoms with Crippen molar-refractivity contribution in [2.45, 2.75) is 37.0 Å². The fourth-order valence-corrected chi connectivity index (χ4v) is 5.81. The normalized spacial score (nSPS) is 16.9. The van der Waals surface area contributed by atoms with Gasteiger partial charge in [0.25, 0.3) is 5.91 Å². The number of primary amides is 1. The number of benzene rings is 3. The minimum absolute atomic E-state index is 0.0306. The first-order valence-corrected chi connectivity index (χ1v) is 14.3. The molecule has 0 saturated carbocycles. The van der Waals surface area contributed by atoms with Crippen molar-refractivity contribution in [1.29, 1.82) is 0 Å². The van der Waals surface area contributed by atoms with Crippen molar-refractivity contribution < 1.29 is 27.9 Å². The minimum Gasteiger partial charge on any atom is -0.486 e. The van der Waals surface area contributed by atoms with Crippen LogP contribution in [-0.2, 0) is 19.6 Å². The van der Waals surface area contributed by atoms with Crippen LogP contribution in [0.5, 0.6) is 5.75 Å². The van der Waals surface area contributed by atoms with Crippen LogP contribution in [0.3, 0.4) is 0 Å². The van der Waals surface area contributed by atoms with Crippen molar-refractivity contribution in [2.24, 2.45) is 5.73 Å². The molecule has 2 amide bonds. The van der Waals surface area contributed by atoms with Gasteiger partial charge < -0.3 is 20.5 Å². The molecule has 1 unspecified atom stereocenters. The van der Waals surface area contributed by atoms with Gasteiger partial charge in [-0.2, -0.15) is 0 Å². The van der Waals surface area contributed by atoms with E-state index >= 15 is 0 Å². The van der Waals surface area contributed by atoms with Crippen LogP contribution in [0.25, 0.3) is 10.8 Å². The standard InChI is InChI=1S/C28H34N4O6S/c1-3-26(33)31-15-17-32(18-16-31)28(35,27(29)34)19-30-39(36,37)23-13-11-22(12-14-23)38-20(2)24-10-6-8-21-7-4-5-9-25(21)24/h4-14,20,30,35H,3,15-19H2,1-2H3,(H2,29,34)/t20?,28-/m0/s1. The van der Waals surface area contributed by atoms with Gasteiger partial charge in [-0.3, -0.25) is 14.5 Å². The molecule has 3 aromatic carbocycles. The Morgan fingerprint density at radius 3 is 2.31 bits per heavy atom. The highest BCUT2D eigenvalue weighted by atomic mass is 32.2. The van der Waals surface area contributed by atoms with Gasteiger partial charge in [0.1, 0.15) is 11.9 Å². The largest absolute Gasteiger partial charge is 0.486 e. The summed E-state index contributed by atoms with van der Waals surface area (Å²) in [6.07, 6.45) is 0.0709. The average Bonchev–Trinajstić information content (AvgIpc) is 2.95. The molecule has 1 aliphatic heterocycles. The lowest BCUT2D eigenvalue weighted by Crippen LogP contribution is -2.67. The van der Waals surface area contributed by atoms with E-state index in [1.54, 1.807) is 24.0 Å². The predicted octanol–water partition coefficient (Wildman–Crippen LogP) is 1.99. The van der Waals surface area contributed by atoms with E-state index in [1.165, 1.54) is 17.0 Å². The highest BCUT2D eigenvalue weighted by Crippen LogP contribution is 2.28. The third kappa shape index (κ3) is 6.22. The number of nitrogens with zero attached hydrogens (tertiary/aromatic N) is 2. The van der Waals surface area contributed by atoms with Crippen molar-refractivity contribution in [3.63, 3.8) is 0 Å². The number of carbonyl (C=O) groups is 2. The van der Waals surface area contributed by atoms with Gasteiger partial charge in [-0.1, -0.05) is 49.4 Å². The molecule has 4 N–H and O–H groups in total. The Morgan fingerprint density at radius 1 is 1.03 bits per heavy atom. The van der Waals surface area contributed by atoms with Crippen LogP contribution < -0.4 is 15.2 Å². The molecule has 0 spiro atoms. The Bertz CT molecular complexity index is 1430. The molecule has 3 aromatic rings. The van der Waals surface area contributed by atoms with Crippen molar-refractivity contribution in [3.05, 3.63) is 72.3 Å². The molecule has 2 atom stereocenters. The maximum Gasteiger partial charge on any atom is 0.266 e. The summed E-state index contributed by atoms with van der Waals surface area (Å²) in [6, 6.07) is 19.9. The summed E-state index contributed by atoms with van der Waals surface area (Å²) in [5.41, 5.74) is 4.24. The topological polar surface area (TPSA) is 142 Å². The number of ether oxygens (including phenoxy) is 1. The van der Waals surface area contributed by atoms with Gasteiger partial charge >= 0.3 is 0 Å². The van der Waals surface area contributed by atoms with E-state index < -0.39 is 28.2 Å². The number of fused-ring (bicyclic) bond motifs is 1. The first-order valence-electron chi connectivity index (χ1n) is 12.8. The predicted molar refractivity (Wildman–Crippen MR) is 147 cm³/mol. The number of hydrogen-bond donors (Lipinski definition) is 3. The van der Waals surface area contributed by atoms with Gasteiger partial charge in [0.15, 0.2) is 0 Å². The van der Waals surface area contributed by atoms with Gasteiger partial charge in [-0.15, -0.1) is 0 Å². The van der Waals surface area contributed by atoms with Gasteiger partial charge in [-0.25, -0.2) is 13.1 Å². The first-order chi connectivity index (χ1) is 18.5. The number of nitrogens with two attached hydrogens (primary N) is 1. The zero-order valence-corrected chi connectivity index (χ0v) is 22.9. The van der Waals surface area contributed by atoms with E-state index in [-0.39, 0.29) is 30.0 Å². The molecule has 1 aliphatic rings. The van der Waals surface area contributed by atoms with Crippen LogP contribution in [0.1, 0.15) is 31.9 Å². The Labute approximate surface area is 228 Å². The van der Waals surface area contributed by atoms with Crippen LogP contribution in [0, 0.1) is 0 Å². The molecule has 1 heterocycles. The average molecular weight is 555 g/mol. The summed E-state index contributed by atoms with van der Waals surface area (Å²) in [7, 11) is -4.08. The Kier molecular flexibility index (Phi) is 8.55. The lowest BCUT2D eigenvalue weighted by molar-refractivity contribution is -0.164. The number of nitrogens with one attached hydrogen (secondary N) is 1. The molecule has 0 bridgehead atoms. The number of amides is 2. The van der Waals surface area contributed by atoms with Crippen molar-refractivity contribution in [2.75, 3.05) is 32.7 Å². The monoisotopic (exact) mass is 554 g/mol. The fraction of sp³-hybridized carbons (Fsp3) is 0.357. The van der Waals surface area contributed by atoms with Crippen molar-refractivity contribution in [1.82, 2.24) is 14.5 Å².